The fourth-order valence-corrected chi connectivity index (χ4v) is 4.43. The second-order valence-corrected chi connectivity index (χ2v) is 9.54. The number of nitriles is 1. The third-order valence-electron chi connectivity index (χ3n) is 6.65. The van der Waals surface area contributed by atoms with Gasteiger partial charge in [0, 0.05) is 46.4 Å². The molecule has 5 rings (SSSR count). The molecule has 188 valence electrons. The molecule has 1 unspecified atom stereocenters. The summed E-state index contributed by atoms with van der Waals surface area (Å²) in [7, 11) is 0. The van der Waals surface area contributed by atoms with Crippen molar-refractivity contribution >= 4 is 5.69 Å². The molecule has 1 saturated heterocycles. The van der Waals surface area contributed by atoms with Crippen molar-refractivity contribution in [2.24, 2.45) is 5.73 Å². The van der Waals surface area contributed by atoms with Crippen molar-refractivity contribution in [1.82, 2.24) is 25.1 Å². The van der Waals surface area contributed by atoms with Crippen LogP contribution in [0.2, 0.25) is 0 Å². The summed E-state index contributed by atoms with van der Waals surface area (Å²) in [6.07, 6.45) is 5.66. The SMILES string of the molecule is Cc1ncc(-c2ccnc(C(C)(C)C#N)c2)nc1-c1nnc(-c2ccc(N3CCCC3CN)cc2)o1.[HH].[HH].[HH]. The Morgan fingerprint density at radius 2 is 1.92 bits per heavy atom. The van der Waals surface area contributed by atoms with Gasteiger partial charge < -0.3 is 15.1 Å². The Morgan fingerprint density at radius 3 is 2.67 bits per heavy atom. The normalized spacial score (nSPS) is 15.8. The van der Waals surface area contributed by atoms with Crippen LogP contribution in [0.3, 0.4) is 0 Å². The highest BCUT2D eigenvalue weighted by Gasteiger charge is 2.24. The Labute approximate surface area is 214 Å². The molecule has 4 aromatic rings. The van der Waals surface area contributed by atoms with Crippen molar-refractivity contribution in [2.75, 3.05) is 18.0 Å². The van der Waals surface area contributed by atoms with Crippen LogP contribution < -0.4 is 10.6 Å². The van der Waals surface area contributed by atoms with E-state index in [1.807, 2.05) is 45.0 Å². The Balaban J connectivity index is 0.00000178. The van der Waals surface area contributed by atoms with Crippen LogP contribution in [0, 0.1) is 18.3 Å². The number of nitrogens with two attached hydrogens (primary N) is 1. The number of rotatable bonds is 6. The molecule has 0 radical (unpaired) electrons. The molecule has 1 aliphatic heterocycles. The van der Waals surface area contributed by atoms with E-state index in [-0.39, 0.29) is 4.28 Å². The molecule has 0 spiro atoms. The first-order valence-corrected chi connectivity index (χ1v) is 12.0. The zero-order valence-electron chi connectivity index (χ0n) is 20.6. The standard InChI is InChI=1S/C27H28N8O.3H2/c1-17-24(32-22(15-31-17)19-10-11-30-23(13-19)27(2,3)16-29)26-34-33-25(36-26)18-6-8-20(9-7-18)35-12-4-5-21(35)14-28;;;/h6-11,13,15,21H,4-5,12,14,28H2,1-3H3;3*1H. The van der Waals surface area contributed by atoms with Gasteiger partial charge in [0.25, 0.3) is 5.89 Å². The molecular formula is C27H34N8O. The largest absolute Gasteiger partial charge is 0.415 e. The number of hydrogen-bond acceptors (Lipinski definition) is 9. The average Bonchev–Trinajstić information content (AvgIpc) is 3.59. The molecule has 1 aromatic carbocycles. The maximum atomic E-state index is 9.47. The highest BCUT2D eigenvalue weighted by atomic mass is 16.4. The summed E-state index contributed by atoms with van der Waals surface area (Å²) in [5.74, 6) is 0.720. The van der Waals surface area contributed by atoms with Crippen LogP contribution in [0.25, 0.3) is 34.3 Å². The molecule has 1 aliphatic rings. The van der Waals surface area contributed by atoms with Gasteiger partial charge in [-0.25, -0.2) is 4.98 Å². The van der Waals surface area contributed by atoms with Crippen molar-refractivity contribution in [3.8, 4) is 40.4 Å². The zero-order chi connectivity index (χ0) is 25.3. The van der Waals surface area contributed by atoms with Gasteiger partial charge in [0.1, 0.15) is 5.69 Å². The molecular weight excluding hydrogens is 452 g/mol. The molecule has 0 aliphatic carbocycles. The summed E-state index contributed by atoms with van der Waals surface area (Å²) >= 11 is 0. The highest BCUT2D eigenvalue weighted by Crippen LogP contribution is 2.30. The molecule has 9 nitrogen and oxygen atoms in total. The van der Waals surface area contributed by atoms with Gasteiger partial charge in [-0.1, -0.05) is 0 Å². The summed E-state index contributed by atoms with van der Waals surface area (Å²) in [5, 5.41) is 18.0. The van der Waals surface area contributed by atoms with Crippen molar-refractivity contribution in [2.45, 2.75) is 45.1 Å². The molecule has 0 amide bonds. The molecule has 1 atom stereocenters. The lowest BCUT2D eigenvalue weighted by Gasteiger charge is -2.25. The molecule has 4 heterocycles. The van der Waals surface area contributed by atoms with Crippen molar-refractivity contribution in [3.05, 3.63) is 60.2 Å². The first kappa shape index (κ1) is 23.6. The molecule has 0 saturated carbocycles. The number of aryl methyl sites for hydroxylation is 1. The summed E-state index contributed by atoms with van der Waals surface area (Å²) in [5.41, 5.74) is 10.5. The predicted molar refractivity (Wildman–Crippen MR) is 143 cm³/mol. The first-order chi connectivity index (χ1) is 17.4. The first-order valence-electron chi connectivity index (χ1n) is 12.0. The van der Waals surface area contributed by atoms with Crippen LogP contribution in [0.15, 0.2) is 53.2 Å². The number of anilines is 1. The second kappa shape index (κ2) is 9.47. The van der Waals surface area contributed by atoms with Gasteiger partial charge in [0.05, 0.1) is 34.8 Å². The molecule has 36 heavy (non-hydrogen) atoms. The molecule has 2 N–H and O–H groups in total. The molecule has 9 heteroatoms. The van der Waals surface area contributed by atoms with Crippen molar-refractivity contribution in [3.63, 3.8) is 0 Å². The lowest BCUT2D eigenvalue weighted by molar-refractivity contribution is 0.581. The van der Waals surface area contributed by atoms with Gasteiger partial charge in [0.15, 0.2) is 0 Å². The van der Waals surface area contributed by atoms with Crippen molar-refractivity contribution in [1.29, 1.82) is 5.26 Å². The fraction of sp³-hybridized carbons (Fsp3) is 0.333. The highest BCUT2D eigenvalue weighted by molar-refractivity contribution is 5.64. The topological polar surface area (TPSA) is 131 Å². The third kappa shape index (κ3) is 4.43. The molecule has 0 bridgehead atoms. The molecule has 1 fully saturated rings. The van der Waals surface area contributed by atoms with Crippen molar-refractivity contribution < 1.29 is 8.70 Å². The second-order valence-electron chi connectivity index (χ2n) is 9.54. The monoisotopic (exact) mass is 486 g/mol. The van der Waals surface area contributed by atoms with Gasteiger partial charge in [-0.15, -0.1) is 10.2 Å². The van der Waals surface area contributed by atoms with E-state index in [0.717, 1.165) is 36.2 Å². The van der Waals surface area contributed by atoms with Gasteiger partial charge in [-0.05, 0) is 70.0 Å². The van der Waals surface area contributed by atoms with Gasteiger partial charge in [-0.2, -0.15) is 5.26 Å². The summed E-state index contributed by atoms with van der Waals surface area (Å²) in [4.78, 5) is 16.0. The van der Waals surface area contributed by atoms with E-state index in [0.29, 0.717) is 47.1 Å². The molecule has 3 aromatic heterocycles. The number of benzene rings is 1. The Hall–Kier alpha value is -4.16. The minimum atomic E-state index is -0.714. The van der Waals surface area contributed by atoms with Gasteiger partial charge >= 0.3 is 0 Å². The lowest BCUT2D eigenvalue weighted by Crippen LogP contribution is -2.35. The van der Waals surface area contributed by atoms with E-state index in [1.165, 1.54) is 0 Å². The Bertz CT molecular complexity index is 1440. The van der Waals surface area contributed by atoms with Gasteiger partial charge in [0.2, 0.25) is 5.89 Å². The van der Waals surface area contributed by atoms with Gasteiger partial charge in [-0.3, -0.25) is 9.97 Å². The maximum absolute atomic E-state index is 9.47. The van der Waals surface area contributed by atoms with Crippen LogP contribution in [-0.2, 0) is 5.41 Å². The lowest BCUT2D eigenvalue weighted by atomic mass is 9.90. The quantitative estimate of drug-likeness (QED) is 0.398. The van der Waals surface area contributed by atoms with Crippen LogP contribution in [0.1, 0.15) is 42.4 Å². The van der Waals surface area contributed by atoms with Crippen LogP contribution >= 0.6 is 0 Å². The van der Waals surface area contributed by atoms with E-state index in [1.54, 1.807) is 12.4 Å². The third-order valence-corrected chi connectivity index (χ3v) is 6.65. The van der Waals surface area contributed by atoms with E-state index in [9.17, 15) is 5.26 Å². The van der Waals surface area contributed by atoms with E-state index in [4.69, 9.17) is 15.1 Å². The zero-order valence-corrected chi connectivity index (χ0v) is 20.6. The summed E-state index contributed by atoms with van der Waals surface area (Å²) < 4.78 is 6.02. The van der Waals surface area contributed by atoms with E-state index in [2.05, 4.69) is 43.3 Å². The number of aromatic nitrogens is 5. The van der Waals surface area contributed by atoms with E-state index < -0.39 is 5.41 Å². The van der Waals surface area contributed by atoms with Crippen LogP contribution in [0.4, 0.5) is 5.69 Å². The Morgan fingerprint density at radius 1 is 1.14 bits per heavy atom. The minimum absolute atomic E-state index is 0. The van der Waals surface area contributed by atoms with Crippen LogP contribution in [-0.4, -0.2) is 44.3 Å². The number of pyridine rings is 1. The predicted octanol–water partition coefficient (Wildman–Crippen LogP) is 5.03. The summed E-state index contributed by atoms with van der Waals surface area (Å²) in [6.45, 7) is 7.20. The number of hydrogen-bond donors (Lipinski definition) is 1. The average molecular weight is 487 g/mol. The van der Waals surface area contributed by atoms with Crippen LogP contribution in [0.5, 0.6) is 0 Å². The minimum Gasteiger partial charge on any atom is -0.415 e. The number of nitrogens with zero attached hydrogens (tertiary/aromatic N) is 7. The summed E-state index contributed by atoms with van der Waals surface area (Å²) in [6, 6.07) is 14.5. The maximum Gasteiger partial charge on any atom is 0.268 e. The fourth-order valence-electron chi connectivity index (χ4n) is 4.43. The van der Waals surface area contributed by atoms with E-state index >= 15 is 0 Å². The smallest absolute Gasteiger partial charge is 0.268 e. The Kier molecular flexibility index (Phi) is 6.20.